The standard InChI is InChI=1S/C39H31F3N4O2/c1-48-36-28(14-12-22-43-36)26-45-34-24-29(27-13-11-21-33(23-27)39(40,41)42)25-44-35(34)46(37(45)47)38(30-15-5-2-6-16-30,31-17-7-3-8-18-31)32-19-9-4-10-20-32/h2-25,35,44H,26H2,1H3. The first-order chi connectivity index (χ1) is 23.3. The van der Waals surface area contributed by atoms with Crippen LogP contribution >= 0.6 is 0 Å². The van der Waals surface area contributed by atoms with Crippen molar-refractivity contribution in [3.63, 3.8) is 0 Å². The maximum absolute atomic E-state index is 15.2. The second-order valence-corrected chi connectivity index (χ2v) is 11.5. The molecule has 0 spiro atoms. The molecule has 7 rings (SSSR count). The molecule has 2 amide bonds. The van der Waals surface area contributed by atoms with Gasteiger partial charge < -0.3 is 10.1 Å². The first-order valence-corrected chi connectivity index (χ1v) is 15.4. The van der Waals surface area contributed by atoms with Crippen LogP contribution in [-0.2, 0) is 18.3 Å². The first kappa shape index (κ1) is 30.8. The van der Waals surface area contributed by atoms with Crippen molar-refractivity contribution >= 4 is 11.6 Å². The minimum absolute atomic E-state index is 0.112. The lowest BCUT2D eigenvalue weighted by Gasteiger charge is -2.45. The minimum Gasteiger partial charge on any atom is -0.481 e. The van der Waals surface area contributed by atoms with E-state index in [0.29, 0.717) is 28.3 Å². The van der Waals surface area contributed by atoms with E-state index in [1.54, 1.807) is 35.5 Å². The Morgan fingerprint density at radius 2 is 1.35 bits per heavy atom. The summed E-state index contributed by atoms with van der Waals surface area (Å²) in [6, 6.07) is 38.1. The SMILES string of the molecule is COc1ncccc1CN1C(=O)N(C(c2ccccc2)(c2ccccc2)c2ccccc2)C2NC=C(c3cccc(C(F)(F)F)c3)C=C21. The van der Waals surface area contributed by atoms with Crippen molar-refractivity contribution in [1.29, 1.82) is 0 Å². The van der Waals surface area contributed by atoms with Gasteiger partial charge in [0.25, 0.3) is 0 Å². The Kier molecular flexibility index (Phi) is 7.96. The third kappa shape index (κ3) is 5.27. The lowest BCUT2D eigenvalue weighted by Crippen LogP contribution is -2.56. The van der Waals surface area contributed by atoms with E-state index < -0.39 is 23.4 Å². The van der Waals surface area contributed by atoms with E-state index in [0.717, 1.165) is 28.8 Å². The topological polar surface area (TPSA) is 57.7 Å². The van der Waals surface area contributed by atoms with Crippen LogP contribution in [0.4, 0.5) is 18.0 Å². The Labute approximate surface area is 276 Å². The van der Waals surface area contributed by atoms with Gasteiger partial charge in [0.1, 0.15) is 11.7 Å². The third-order valence-electron chi connectivity index (χ3n) is 8.82. The average molecular weight is 645 g/mol. The molecule has 2 aliphatic heterocycles. The molecule has 2 aliphatic rings. The molecule has 0 bridgehead atoms. The van der Waals surface area contributed by atoms with Gasteiger partial charge in [-0.15, -0.1) is 0 Å². The number of carbonyl (C=O) groups is 1. The molecule has 0 aliphatic carbocycles. The Morgan fingerprint density at radius 1 is 0.771 bits per heavy atom. The predicted molar refractivity (Wildman–Crippen MR) is 177 cm³/mol. The molecule has 5 aromatic rings. The van der Waals surface area contributed by atoms with Crippen LogP contribution in [0.25, 0.3) is 5.57 Å². The van der Waals surface area contributed by atoms with Crippen molar-refractivity contribution in [1.82, 2.24) is 20.1 Å². The van der Waals surface area contributed by atoms with Crippen LogP contribution in [0.15, 0.2) is 152 Å². The minimum atomic E-state index is -4.50. The zero-order valence-electron chi connectivity index (χ0n) is 25.9. The Morgan fingerprint density at radius 3 is 1.92 bits per heavy atom. The van der Waals surface area contributed by atoms with Gasteiger partial charge in [0.2, 0.25) is 5.88 Å². The lowest BCUT2D eigenvalue weighted by atomic mass is 9.75. The van der Waals surface area contributed by atoms with Gasteiger partial charge in [-0.2, -0.15) is 13.2 Å². The van der Waals surface area contributed by atoms with Crippen LogP contribution in [0.1, 0.15) is 33.4 Å². The molecule has 240 valence electrons. The van der Waals surface area contributed by atoms with Crippen LogP contribution in [0.2, 0.25) is 0 Å². The quantitative estimate of drug-likeness (QED) is 0.173. The number of halogens is 3. The number of nitrogens with zero attached hydrogens (tertiary/aromatic N) is 3. The van der Waals surface area contributed by atoms with Gasteiger partial charge >= 0.3 is 12.2 Å². The largest absolute Gasteiger partial charge is 0.481 e. The van der Waals surface area contributed by atoms with E-state index in [2.05, 4.69) is 10.3 Å². The summed E-state index contributed by atoms with van der Waals surface area (Å²) < 4.78 is 46.7. The van der Waals surface area contributed by atoms with Gasteiger partial charge in [0.05, 0.1) is 24.9 Å². The monoisotopic (exact) mass is 644 g/mol. The van der Waals surface area contributed by atoms with E-state index in [1.807, 2.05) is 102 Å². The number of urea groups is 1. The summed E-state index contributed by atoms with van der Waals surface area (Å²) in [6.07, 6.45) is -0.106. The van der Waals surface area contributed by atoms with Crippen molar-refractivity contribution in [2.75, 3.05) is 7.11 Å². The van der Waals surface area contributed by atoms with Crippen LogP contribution in [0, 0.1) is 0 Å². The highest BCUT2D eigenvalue weighted by atomic mass is 19.4. The first-order valence-electron chi connectivity index (χ1n) is 15.4. The number of fused-ring (bicyclic) bond motifs is 1. The molecule has 1 aromatic heterocycles. The number of carbonyl (C=O) groups excluding carboxylic acids is 1. The maximum atomic E-state index is 15.2. The number of rotatable bonds is 8. The number of nitrogens with one attached hydrogen (secondary N) is 1. The summed E-state index contributed by atoms with van der Waals surface area (Å²) in [5.41, 5.74) is 2.86. The number of aromatic nitrogens is 1. The molecule has 1 saturated heterocycles. The smallest absolute Gasteiger partial charge is 0.416 e. The second kappa shape index (κ2) is 12.4. The maximum Gasteiger partial charge on any atom is 0.416 e. The fraction of sp³-hybridized carbons (Fsp3) is 0.128. The number of dihydropyridines is 1. The lowest BCUT2D eigenvalue weighted by molar-refractivity contribution is -0.137. The number of hydrogen-bond donors (Lipinski definition) is 1. The third-order valence-corrected chi connectivity index (χ3v) is 8.82. The van der Waals surface area contributed by atoms with Gasteiger partial charge in [0, 0.05) is 18.0 Å². The zero-order chi connectivity index (χ0) is 33.3. The Balaban J connectivity index is 1.45. The second-order valence-electron chi connectivity index (χ2n) is 11.5. The highest BCUT2D eigenvalue weighted by Crippen LogP contribution is 2.49. The summed E-state index contributed by atoms with van der Waals surface area (Å²) in [5.74, 6) is 0.374. The van der Waals surface area contributed by atoms with Gasteiger partial charge in [-0.25, -0.2) is 9.78 Å². The molecule has 9 heteroatoms. The summed E-state index contributed by atoms with van der Waals surface area (Å²) in [7, 11) is 1.52. The summed E-state index contributed by atoms with van der Waals surface area (Å²) >= 11 is 0. The molecule has 0 saturated carbocycles. The molecule has 1 unspecified atom stereocenters. The van der Waals surface area contributed by atoms with Gasteiger partial charge in [-0.1, -0.05) is 109 Å². The number of allylic oxidation sites excluding steroid dienone is 2. The summed E-state index contributed by atoms with van der Waals surface area (Å²) in [4.78, 5) is 23.0. The van der Waals surface area contributed by atoms with Crippen molar-refractivity contribution in [2.45, 2.75) is 24.4 Å². The Hall–Kier alpha value is -5.83. The summed E-state index contributed by atoms with van der Waals surface area (Å²) in [6.45, 7) is 0.112. The fourth-order valence-electron chi connectivity index (χ4n) is 6.71. The van der Waals surface area contributed by atoms with Crippen LogP contribution in [0.3, 0.4) is 0 Å². The van der Waals surface area contributed by atoms with Gasteiger partial charge in [-0.3, -0.25) is 9.80 Å². The number of alkyl halides is 3. The van der Waals surface area contributed by atoms with E-state index >= 15 is 4.79 Å². The molecule has 1 atom stereocenters. The number of hydrogen-bond acceptors (Lipinski definition) is 4. The molecule has 0 radical (unpaired) electrons. The molecule has 4 aromatic carbocycles. The van der Waals surface area contributed by atoms with E-state index in [4.69, 9.17) is 4.74 Å². The van der Waals surface area contributed by atoms with Gasteiger partial charge in [0.15, 0.2) is 0 Å². The van der Waals surface area contributed by atoms with Crippen LogP contribution < -0.4 is 10.1 Å². The molecule has 1 N–H and O–H groups in total. The molecular formula is C39H31F3N4O2. The molecule has 3 heterocycles. The predicted octanol–water partition coefficient (Wildman–Crippen LogP) is 8.19. The van der Waals surface area contributed by atoms with Crippen molar-refractivity contribution in [3.8, 4) is 5.88 Å². The zero-order valence-corrected chi connectivity index (χ0v) is 25.9. The highest BCUT2D eigenvalue weighted by Gasteiger charge is 2.55. The van der Waals surface area contributed by atoms with Crippen molar-refractivity contribution in [3.05, 3.63) is 185 Å². The van der Waals surface area contributed by atoms with Crippen molar-refractivity contribution in [2.24, 2.45) is 0 Å². The van der Waals surface area contributed by atoms with Crippen molar-refractivity contribution < 1.29 is 22.7 Å². The van der Waals surface area contributed by atoms with E-state index in [1.165, 1.54) is 13.2 Å². The van der Waals surface area contributed by atoms with E-state index in [9.17, 15) is 13.2 Å². The number of pyridine rings is 1. The number of ether oxygens (including phenoxy) is 1. The van der Waals surface area contributed by atoms with Crippen LogP contribution in [0.5, 0.6) is 5.88 Å². The van der Waals surface area contributed by atoms with Crippen LogP contribution in [-0.4, -0.2) is 34.1 Å². The number of methoxy groups -OCH3 is 1. The fourth-order valence-corrected chi connectivity index (χ4v) is 6.71. The Bertz CT molecular complexity index is 1900. The normalized spacial score (nSPS) is 16.2. The molecule has 1 fully saturated rings. The highest BCUT2D eigenvalue weighted by molar-refractivity contribution is 5.87. The molecular weight excluding hydrogens is 613 g/mol. The van der Waals surface area contributed by atoms with E-state index in [-0.39, 0.29) is 12.6 Å². The average Bonchev–Trinajstić information content (AvgIpc) is 3.40. The molecule has 6 nitrogen and oxygen atoms in total. The van der Waals surface area contributed by atoms with Gasteiger partial charge in [-0.05, 0) is 52.1 Å². The summed E-state index contributed by atoms with van der Waals surface area (Å²) in [5, 5.41) is 3.43. The number of amides is 2. The number of benzene rings is 4. The molecule has 48 heavy (non-hydrogen) atoms.